The fraction of sp³-hybridized carbons (Fsp3) is 0.667. The molecule has 68 valence electrons. The summed E-state index contributed by atoms with van der Waals surface area (Å²) in [5.74, 6) is 0. The number of nitrogens with zero attached hydrogens (tertiary/aromatic N) is 2. The third kappa shape index (κ3) is 1.37. The van der Waals surface area contributed by atoms with Crippen molar-refractivity contribution in [1.82, 2.24) is 9.78 Å². The minimum Gasteiger partial charge on any atom is -0.388 e. The van der Waals surface area contributed by atoms with E-state index >= 15 is 0 Å². The van der Waals surface area contributed by atoms with E-state index in [1.54, 1.807) is 0 Å². The number of aromatic nitrogens is 2. The summed E-state index contributed by atoms with van der Waals surface area (Å²) < 4.78 is 1.81. The molecule has 0 aliphatic rings. The van der Waals surface area contributed by atoms with E-state index in [0.29, 0.717) is 0 Å². The number of aliphatic hydroxyl groups is 1. The molecule has 0 aliphatic carbocycles. The van der Waals surface area contributed by atoms with Gasteiger partial charge < -0.3 is 5.11 Å². The quantitative estimate of drug-likeness (QED) is 0.726. The van der Waals surface area contributed by atoms with Crippen molar-refractivity contribution in [3.63, 3.8) is 0 Å². The molecule has 1 N–H and O–H groups in total. The number of hydrogen-bond acceptors (Lipinski definition) is 2. The maximum atomic E-state index is 9.65. The molecular formula is C9H16N2O. The monoisotopic (exact) mass is 168 g/mol. The van der Waals surface area contributed by atoms with Crippen molar-refractivity contribution in [2.75, 3.05) is 0 Å². The Balaban J connectivity index is 3.13. The first-order valence-electron chi connectivity index (χ1n) is 4.26. The molecule has 0 amide bonds. The molecule has 12 heavy (non-hydrogen) atoms. The van der Waals surface area contributed by atoms with Crippen LogP contribution in [0.5, 0.6) is 0 Å². The Morgan fingerprint density at radius 2 is 2.08 bits per heavy atom. The van der Waals surface area contributed by atoms with E-state index in [4.69, 9.17) is 0 Å². The fourth-order valence-corrected chi connectivity index (χ4v) is 1.48. The zero-order valence-corrected chi connectivity index (χ0v) is 8.13. The summed E-state index contributed by atoms with van der Waals surface area (Å²) in [7, 11) is 1.90. The zero-order chi connectivity index (χ0) is 9.30. The van der Waals surface area contributed by atoms with Crippen molar-refractivity contribution in [1.29, 1.82) is 0 Å². The molecule has 0 aliphatic heterocycles. The smallest absolute Gasteiger partial charge is 0.0823 e. The Hall–Kier alpha value is -0.830. The Bertz CT molecular complexity index is 278. The van der Waals surface area contributed by atoms with Crippen LogP contribution in [0.25, 0.3) is 0 Å². The SMILES string of the molecule is CCC(O)c1c(C)nn(C)c1C. The van der Waals surface area contributed by atoms with E-state index in [9.17, 15) is 5.11 Å². The molecule has 1 aromatic rings. The van der Waals surface area contributed by atoms with Crippen LogP contribution in [0.1, 0.15) is 36.4 Å². The van der Waals surface area contributed by atoms with E-state index in [-0.39, 0.29) is 6.10 Å². The van der Waals surface area contributed by atoms with E-state index in [0.717, 1.165) is 23.4 Å². The van der Waals surface area contributed by atoms with Crippen molar-refractivity contribution < 1.29 is 5.11 Å². The maximum Gasteiger partial charge on any atom is 0.0823 e. The summed E-state index contributed by atoms with van der Waals surface area (Å²) in [6, 6.07) is 0. The summed E-state index contributed by atoms with van der Waals surface area (Å²) in [4.78, 5) is 0. The van der Waals surface area contributed by atoms with E-state index in [2.05, 4.69) is 5.10 Å². The summed E-state index contributed by atoms with van der Waals surface area (Å²) in [6.07, 6.45) is 0.381. The van der Waals surface area contributed by atoms with Crippen LogP contribution < -0.4 is 0 Å². The second-order valence-electron chi connectivity index (χ2n) is 3.13. The average molecular weight is 168 g/mol. The molecule has 1 heterocycles. The molecule has 0 aromatic carbocycles. The third-order valence-corrected chi connectivity index (χ3v) is 2.28. The predicted octanol–water partition coefficient (Wildman–Crippen LogP) is 1.48. The van der Waals surface area contributed by atoms with Gasteiger partial charge >= 0.3 is 0 Å². The van der Waals surface area contributed by atoms with Gasteiger partial charge in [-0.1, -0.05) is 6.92 Å². The van der Waals surface area contributed by atoms with Crippen LogP contribution in [0.2, 0.25) is 0 Å². The molecule has 0 spiro atoms. The number of aliphatic hydroxyl groups excluding tert-OH is 1. The normalized spacial score (nSPS) is 13.4. The number of rotatable bonds is 2. The first-order valence-corrected chi connectivity index (χ1v) is 4.26. The lowest BCUT2D eigenvalue weighted by atomic mass is 10.1. The second-order valence-corrected chi connectivity index (χ2v) is 3.13. The molecule has 0 saturated heterocycles. The molecular weight excluding hydrogens is 152 g/mol. The van der Waals surface area contributed by atoms with Gasteiger partial charge in [0.05, 0.1) is 11.8 Å². The zero-order valence-electron chi connectivity index (χ0n) is 8.13. The van der Waals surface area contributed by atoms with Crippen LogP contribution in [0.3, 0.4) is 0 Å². The van der Waals surface area contributed by atoms with Gasteiger partial charge in [0.2, 0.25) is 0 Å². The Morgan fingerprint density at radius 1 is 1.50 bits per heavy atom. The van der Waals surface area contributed by atoms with Gasteiger partial charge in [0.15, 0.2) is 0 Å². The topological polar surface area (TPSA) is 38.1 Å². The van der Waals surface area contributed by atoms with Crippen LogP contribution >= 0.6 is 0 Å². The van der Waals surface area contributed by atoms with Crippen molar-refractivity contribution in [2.45, 2.75) is 33.3 Å². The summed E-state index contributed by atoms with van der Waals surface area (Å²) in [5.41, 5.74) is 2.98. The van der Waals surface area contributed by atoms with Gasteiger partial charge in [-0.3, -0.25) is 4.68 Å². The lowest BCUT2D eigenvalue weighted by molar-refractivity contribution is 0.172. The molecule has 0 saturated carbocycles. The summed E-state index contributed by atoms with van der Waals surface area (Å²) in [6.45, 7) is 5.88. The van der Waals surface area contributed by atoms with Gasteiger partial charge in [0.25, 0.3) is 0 Å². The first kappa shape index (κ1) is 9.26. The molecule has 1 atom stereocenters. The van der Waals surface area contributed by atoms with Crippen LogP contribution in [-0.2, 0) is 7.05 Å². The van der Waals surface area contributed by atoms with Crippen LogP contribution in [-0.4, -0.2) is 14.9 Å². The maximum absolute atomic E-state index is 9.65. The molecule has 0 radical (unpaired) electrons. The molecule has 0 bridgehead atoms. The van der Waals surface area contributed by atoms with Crippen molar-refractivity contribution in [3.05, 3.63) is 17.0 Å². The Kier molecular flexibility index (Phi) is 2.52. The van der Waals surface area contributed by atoms with Crippen LogP contribution in [0.4, 0.5) is 0 Å². The van der Waals surface area contributed by atoms with Crippen molar-refractivity contribution in [3.8, 4) is 0 Å². The lowest BCUT2D eigenvalue weighted by Gasteiger charge is -2.07. The highest BCUT2D eigenvalue weighted by molar-refractivity contribution is 5.26. The van der Waals surface area contributed by atoms with Gasteiger partial charge in [-0.15, -0.1) is 0 Å². The Labute approximate surface area is 73.0 Å². The lowest BCUT2D eigenvalue weighted by Crippen LogP contribution is -1.99. The summed E-state index contributed by atoms with van der Waals surface area (Å²) >= 11 is 0. The van der Waals surface area contributed by atoms with E-state index in [1.165, 1.54) is 0 Å². The van der Waals surface area contributed by atoms with Crippen LogP contribution in [0.15, 0.2) is 0 Å². The van der Waals surface area contributed by atoms with Crippen molar-refractivity contribution in [2.24, 2.45) is 7.05 Å². The van der Waals surface area contributed by atoms with Gasteiger partial charge in [-0.05, 0) is 20.3 Å². The molecule has 0 fully saturated rings. The highest BCUT2D eigenvalue weighted by Crippen LogP contribution is 2.22. The largest absolute Gasteiger partial charge is 0.388 e. The van der Waals surface area contributed by atoms with Gasteiger partial charge in [-0.2, -0.15) is 5.10 Å². The Morgan fingerprint density at radius 3 is 2.42 bits per heavy atom. The van der Waals surface area contributed by atoms with E-state index < -0.39 is 0 Å². The molecule has 1 unspecified atom stereocenters. The first-order chi connectivity index (χ1) is 5.57. The van der Waals surface area contributed by atoms with Crippen LogP contribution in [0, 0.1) is 13.8 Å². The molecule has 1 rings (SSSR count). The highest BCUT2D eigenvalue weighted by Gasteiger charge is 2.15. The standard InChI is InChI=1S/C9H16N2O/c1-5-8(12)9-6(2)10-11(4)7(9)3/h8,12H,5H2,1-4H3. The van der Waals surface area contributed by atoms with Gasteiger partial charge in [0, 0.05) is 18.3 Å². The predicted molar refractivity (Wildman–Crippen MR) is 47.9 cm³/mol. The summed E-state index contributed by atoms with van der Waals surface area (Å²) in [5, 5.41) is 13.9. The highest BCUT2D eigenvalue weighted by atomic mass is 16.3. The second kappa shape index (κ2) is 3.27. The van der Waals surface area contributed by atoms with E-state index in [1.807, 2.05) is 32.5 Å². The molecule has 3 heteroatoms. The third-order valence-electron chi connectivity index (χ3n) is 2.28. The van der Waals surface area contributed by atoms with Crippen molar-refractivity contribution >= 4 is 0 Å². The minimum absolute atomic E-state index is 0.362. The number of hydrogen-bond donors (Lipinski definition) is 1. The van der Waals surface area contributed by atoms with Gasteiger partial charge in [0.1, 0.15) is 0 Å². The van der Waals surface area contributed by atoms with Gasteiger partial charge in [-0.25, -0.2) is 0 Å². The molecule has 3 nitrogen and oxygen atoms in total. The molecule has 1 aromatic heterocycles. The minimum atomic E-state index is -0.362. The number of aryl methyl sites for hydroxylation is 2. The average Bonchev–Trinajstić information content (AvgIpc) is 2.26. The fourth-order valence-electron chi connectivity index (χ4n) is 1.48.